The number of anilines is 2. The van der Waals surface area contributed by atoms with Crippen molar-refractivity contribution in [1.29, 1.82) is 0 Å². The molecule has 0 saturated heterocycles. The molecule has 1 heterocycles. The predicted molar refractivity (Wildman–Crippen MR) is 64.4 cm³/mol. The minimum Gasteiger partial charge on any atom is -0.360 e. The van der Waals surface area contributed by atoms with Gasteiger partial charge in [0.2, 0.25) is 3.79 Å². The molecule has 0 radical (unpaired) electrons. The molecule has 1 aromatic carbocycles. The molecule has 1 aromatic rings. The molecule has 0 saturated carbocycles. The van der Waals surface area contributed by atoms with Crippen molar-refractivity contribution >= 4 is 51.9 Å². The lowest BCUT2D eigenvalue weighted by atomic mass is 10.2. The van der Waals surface area contributed by atoms with E-state index in [9.17, 15) is 10.1 Å². The van der Waals surface area contributed by atoms with Gasteiger partial charge in [-0.1, -0.05) is 34.8 Å². The molecular weight excluding hydrogens is 276 g/mol. The van der Waals surface area contributed by atoms with Gasteiger partial charge < -0.3 is 10.6 Å². The Morgan fingerprint density at radius 2 is 1.88 bits per heavy atom. The Balaban J connectivity index is 2.28. The van der Waals surface area contributed by atoms with Gasteiger partial charge >= 0.3 is 0 Å². The van der Waals surface area contributed by atoms with Crippen LogP contribution in [0, 0.1) is 10.1 Å². The first-order chi connectivity index (χ1) is 7.38. The largest absolute Gasteiger partial charge is 0.360 e. The molecule has 16 heavy (non-hydrogen) atoms. The Bertz CT molecular complexity index is 447. The summed E-state index contributed by atoms with van der Waals surface area (Å²) in [5, 5.41) is 16.3. The van der Waals surface area contributed by atoms with E-state index in [1.807, 2.05) is 0 Å². The monoisotopic (exact) mass is 281 g/mol. The summed E-state index contributed by atoms with van der Waals surface area (Å²) in [6.07, 6.45) is -0.602. The highest BCUT2D eigenvalue weighted by Crippen LogP contribution is 2.40. The highest BCUT2D eigenvalue weighted by atomic mass is 35.6. The first-order valence-electron chi connectivity index (χ1n) is 4.26. The van der Waals surface area contributed by atoms with Crippen molar-refractivity contribution in [2.75, 3.05) is 10.6 Å². The maximum absolute atomic E-state index is 10.6. The third kappa shape index (κ3) is 2.11. The van der Waals surface area contributed by atoms with E-state index in [0.717, 1.165) is 0 Å². The lowest BCUT2D eigenvalue weighted by Crippen LogP contribution is -2.36. The van der Waals surface area contributed by atoms with Crippen LogP contribution >= 0.6 is 34.8 Å². The number of hydrogen-bond acceptors (Lipinski definition) is 4. The Kier molecular flexibility index (Phi) is 2.77. The van der Waals surface area contributed by atoms with E-state index in [1.54, 1.807) is 6.07 Å². The number of nitrogens with zero attached hydrogens (tertiary/aromatic N) is 1. The van der Waals surface area contributed by atoms with Crippen LogP contribution in [0.2, 0.25) is 0 Å². The zero-order valence-corrected chi connectivity index (χ0v) is 9.97. The van der Waals surface area contributed by atoms with Crippen molar-refractivity contribution in [1.82, 2.24) is 0 Å². The Morgan fingerprint density at radius 1 is 1.25 bits per heavy atom. The third-order valence-electron chi connectivity index (χ3n) is 2.14. The minimum absolute atomic E-state index is 0.0157. The van der Waals surface area contributed by atoms with Crippen LogP contribution in [0.5, 0.6) is 0 Å². The van der Waals surface area contributed by atoms with Crippen molar-refractivity contribution in [3.8, 4) is 0 Å². The van der Waals surface area contributed by atoms with Gasteiger partial charge in [-0.15, -0.1) is 0 Å². The van der Waals surface area contributed by atoms with Crippen LogP contribution in [0.4, 0.5) is 17.1 Å². The molecule has 0 fully saturated rings. The highest BCUT2D eigenvalue weighted by Gasteiger charge is 2.37. The minimum atomic E-state index is -1.53. The fourth-order valence-corrected chi connectivity index (χ4v) is 1.73. The molecule has 0 aromatic heterocycles. The van der Waals surface area contributed by atoms with E-state index in [1.165, 1.54) is 12.1 Å². The molecule has 8 heteroatoms. The second-order valence-electron chi connectivity index (χ2n) is 3.25. The summed E-state index contributed by atoms with van der Waals surface area (Å²) >= 11 is 17.1. The van der Waals surface area contributed by atoms with Gasteiger partial charge in [0.15, 0.2) is 0 Å². The molecule has 1 atom stereocenters. The summed E-state index contributed by atoms with van der Waals surface area (Å²) in [7, 11) is 0. The van der Waals surface area contributed by atoms with Crippen molar-refractivity contribution in [2.45, 2.75) is 9.96 Å². The van der Waals surface area contributed by atoms with Gasteiger partial charge in [0.25, 0.3) is 5.69 Å². The summed E-state index contributed by atoms with van der Waals surface area (Å²) in [4.78, 5) is 10.1. The number of halogens is 3. The third-order valence-corrected chi connectivity index (χ3v) is 2.80. The second-order valence-corrected chi connectivity index (χ2v) is 5.62. The molecule has 2 N–H and O–H groups in total. The van der Waals surface area contributed by atoms with Gasteiger partial charge in [0.1, 0.15) is 6.17 Å². The fourth-order valence-electron chi connectivity index (χ4n) is 1.40. The average molecular weight is 283 g/mol. The van der Waals surface area contributed by atoms with E-state index >= 15 is 0 Å². The van der Waals surface area contributed by atoms with E-state index < -0.39 is 14.9 Å². The lowest BCUT2D eigenvalue weighted by molar-refractivity contribution is -0.384. The van der Waals surface area contributed by atoms with E-state index in [4.69, 9.17) is 34.8 Å². The zero-order chi connectivity index (χ0) is 11.9. The molecule has 2 rings (SSSR count). The van der Waals surface area contributed by atoms with Crippen LogP contribution in [0.3, 0.4) is 0 Å². The van der Waals surface area contributed by atoms with E-state index in [2.05, 4.69) is 10.6 Å². The van der Waals surface area contributed by atoms with Gasteiger partial charge in [0.05, 0.1) is 16.3 Å². The van der Waals surface area contributed by atoms with Gasteiger partial charge in [0, 0.05) is 12.1 Å². The topological polar surface area (TPSA) is 67.2 Å². The first kappa shape index (κ1) is 11.6. The van der Waals surface area contributed by atoms with Crippen LogP contribution in [-0.2, 0) is 0 Å². The predicted octanol–water partition coefficient (Wildman–Crippen LogP) is 3.13. The van der Waals surface area contributed by atoms with Crippen LogP contribution < -0.4 is 10.6 Å². The molecule has 1 aliphatic rings. The number of alkyl halides is 3. The van der Waals surface area contributed by atoms with E-state index in [-0.39, 0.29) is 5.69 Å². The van der Waals surface area contributed by atoms with Crippen LogP contribution in [-0.4, -0.2) is 14.9 Å². The number of nitro benzene ring substituents is 1. The molecule has 0 aliphatic carbocycles. The molecule has 0 bridgehead atoms. The van der Waals surface area contributed by atoms with Gasteiger partial charge in [-0.2, -0.15) is 0 Å². The molecule has 1 unspecified atom stereocenters. The highest BCUT2D eigenvalue weighted by molar-refractivity contribution is 6.68. The van der Waals surface area contributed by atoms with E-state index in [0.29, 0.717) is 11.4 Å². The summed E-state index contributed by atoms with van der Waals surface area (Å²) in [5.74, 6) is 0. The van der Waals surface area contributed by atoms with Gasteiger partial charge in [-0.25, -0.2) is 0 Å². The summed E-state index contributed by atoms with van der Waals surface area (Å²) < 4.78 is -1.53. The first-order valence-corrected chi connectivity index (χ1v) is 5.39. The lowest BCUT2D eigenvalue weighted by Gasteiger charge is -2.20. The maximum Gasteiger partial charge on any atom is 0.271 e. The van der Waals surface area contributed by atoms with Gasteiger partial charge in [-0.3, -0.25) is 10.1 Å². The average Bonchev–Trinajstić information content (AvgIpc) is 2.58. The Morgan fingerprint density at radius 3 is 2.44 bits per heavy atom. The number of rotatable bonds is 1. The smallest absolute Gasteiger partial charge is 0.271 e. The standard InChI is InChI=1S/C8H6Cl3N3O2/c9-8(10,11)7-12-5-2-1-4(14(15)16)3-6(5)13-7/h1-3,7,12-13H. The molecular formula is C8H6Cl3N3O2. The normalized spacial score (nSPS) is 18.6. The van der Waals surface area contributed by atoms with Crippen LogP contribution in [0.15, 0.2) is 18.2 Å². The summed E-state index contributed by atoms with van der Waals surface area (Å²) in [5.41, 5.74) is 1.20. The molecule has 0 spiro atoms. The molecule has 86 valence electrons. The molecule has 5 nitrogen and oxygen atoms in total. The Labute approximate surface area is 106 Å². The molecule has 1 aliphatic heterocycles. The fraction of sp³-hybridized carbons (Fsp3) is 0.250. The number of benzene rings is 1. The summed E-state index contributed by atoms with van der Waals surface area (Å²) in [6.45, 7) is 0. The number of hydrogen-bond donors (Lipinski definition) is 2. The zero-order valence-electron chi connectivity index (χ0n) is 7.71. The molecule has 0 amide bonds. The van der Waals surface area contributed by atoms with Crippen molar-refractivity contribution in [2.24, 2.45) is 0 Å². The van der Waals surface area contributed by atoms with Crippen molar-refractivity contribution < 1.29 is 4.92 Å². The number of non-ortho nitro benzene ring substituents is 1. The van der Waals surface area contributed by atoms with Crippen LogP contribution in [0.1, 0.15) is 0 Å². The SMILES string of the molecule is O=[N+]([O-])c1ccc2c(c1)NC(C(Cl)(Cl)Cl)N2. The Hall–Kier alpha value is -0.910. The number of nitro groups is 1. The summed E-state index contributed by atoms with van der Waals surface area (Å²) in [6, 6.07) is 4.34. The number of fused-ring (bicyclic) bond motifs is 1. The quantitative estimate of drug-likeness (QED) is 0.472. The van der Waals surface area contributed by atoms with Gasteiger partial charge in [-0.05, 0) is 6.07 Å². The maximum atomic E-state index is 10.6. The second kappa shape index (κ2) is 3.84. The van der Waals surface area contributed by atoms with Crippen LogP contribution in [0.25, 0.3) is 0 Å². The number of nitrogens with one attached hydrogen (secondary N) is 2. The van der Waals surface area contributed by atoms with Crippen molar-refractivity contribution in [3.05, 3.63) is 28.3 Å². The van der Waals surface area contributed by atoms with Crippen molar-refractivity contribution in [3.63, 3.8) is 0 Å².